The number of carbonyl (C=O) groups is 2. The molecule has 2 heterocycles. The second-order valence-corrected chi connectivity index (χ2v) is 7.54. The van der Waals surface area contributed by atoms with Gasteiger partial charge < -0.3 is 5.32 Å². The van der Waals surface area contributed by atoms with Crippen LogP contribution < -0.4 is 5.32 Å². The Morgan fingerprint density at radius 1 is 1.17 bits per heavy atom. The number of alkyl halides is 3. The molecule has 1 unspecified atom stereocenters. The Morgan fingerprint density at radius 3 is 2.63 bits per heavy atom. The zero-order chi connectivity index (χ0) is 21.5. The molecule has 0 spiro atoms. The molecule has 0 bridgehead atoms. The van der Waals surface area contributed by atoms with Gasteiger partial charge in [-0.3, -0.25) is 14.6 Å². The summed E-state index contributed by atoms with van der Waals surface area (Å²) >= 11 is 0.965. The number of anilines is 1. The minimum absolute atomic E-state index is 0.224. The number of thioether (sulfide) groups is 1. The van der Waals surface area contributed by atoms with Gasteiger partial charge >= 0.3 is 6.18 Å². The van der Waals surface area contributed by atoms with E-state index in [1.807, 2.05) is 6.07 Å². The maximum absolute atomic E-state index is 13.1. The second-order valence-electron chi connectivity index (χ2n) is 6.59. The highest BCUT2D eigenvalue weighted by Crippen LogP contribution is 2.35. The van der Waals surface area contributed by atoms with Crippen molar-refractivity contribution in [1.29, 1.82) is 0 Å². The molecule has 0 radical (unpaired) electrons. The third kappa shape index (κ3) is 3.70. The van der Waals surface area contributed by atoms with E-state index in [-0.39, 0.29) is 22.5 Å². The third-order valence-electron chi connectivity index (χ3n) is 4.50. The zero-order valence-electron chi connectivity index (χ0n) is 15.6. The Bertz CT molecular complexity index is 1100. The molecular weight excluding hydrogens is 417 g/mol. The maximum Gasteiger partial charge on any atom is 0.418 e. The van der Waals surface area contributed by atoms with Crippen molar-refractivity contribution in [3.05, 3.63) is 59.7 Å². The average molecular weight is 432 g/mol. The Morgan fingerprint density at radius 2 is 1.87 bits per heavy atom. The molecule has 154 valence electrons. The van der Waals surface area contributed by atoms with E-state index in [0.29, 0.717) is 17.1 Å². The summed E-state index contributed by atoms with van der Waals surface area (Å²) in [4.78, 5) is 35.1. The molecule has 0 fully saturated rings. The van der Waals surface area contributed by atoms with Crippen molar-refractivity contribution in [3.63, 3.8) is 0 Å². The summed E-state index contributed by atoms with van der Waals surface area (Å²) in [7, 11) is 0. The summed E-state index contributed by atoms with van der Waals surface area (Å²) in [6, 6.07) is 11.4. The van der Waals surface area contributed by atoms with Crippen LogP contribution in [-0.2, 0) is 15.8 Å². The van der Waals surface area contributed by atoms with Crippen molar-refractivity contribution in [2.45, 2.75) is 19.1 Å². The first-order valence-corrected chi connectivity index (χ1v) is 9.93. The first kappa shape index (κ1) is 20.1. The number of hydrogen-bond acceptors (Lipinski definition) is 5. The van der Waals surface area contributed by atoms with E-state index in [4.69, 9.17) is 0 Å². The van der Waals surface area contributed by atoms with E-state index >= 15 is 0 Å². The van der Waals surface area contributed by atoms with E-state index in [9.17, 15) is 22.8 Å². The lowest BCUT2D eigenvalue weighted by Crippen LogP contribution is -2.41. The Kier molecular flexibility index (Phi) is 5.10. The van der Waals surface area contributed by atoms with Crippen LogP contribution in [0, 0.1) is 0 Å². The smallest absolute Gasteiger partial charge is 0.325 e. The highest BCUT2D eigenvalue weighted by molar-refractivity contribution is 8.14. The van der Waals surface area contributed by atoms with Crippen molar-refractivity contribution in [1.82, 2.24) is 4.90 Å². The number of halogens is 3. The van der Waals surface area contributed by atoms with E-state index in [1.165, 1.54) is 23.1 Å². The van der Waals surface area contributed by atoms with Gasteiger partial charge in [-0.05, 0) is 31.2 Å². The number of para-hydroxylation sites is 2. The van der Waals surface area contributed by atoms with Crippen LogP contribution >= 0.6 is 11.8 Å². The molecular formula is C20H15F3N4O2S. The van der Waals surface area contributed by atoms with Gasteiger partial charge in [-0.25, -0.2) is 9.89 Å². The SMILES string of the molecule is CC1N=C2c3ccccc3N=C(SCC(=O)Nc3ccccc3C(F)(F)F)N2C1=O. The molecule has 1 N–H and O–H groups in total. The zero-order valence-corrected chi connectivity index (χ0v) is 16.4. The largest absolute Gasteiger partial charge is 0.418 e. The van der Waals surface area contributed by atoms with Gasteiger partial charge in [0.1, 0.15) is 11.9 Å². The van der Waals surface area contributed by atoms with Crippen LogP contribution in [-0.4, -0.2) is 39.5 Å². The first-order chi connectivity index (χ1) is 14.3. The molecule has 1 atom stereocenters. The van der Waals surface area contributed by atoms with Gasteiger partial charge in [0.2, 0.25) is 5.91 Å². The average Bonchev–Trinajstić information content (AvgIpc) is 3.01. The molecule has 2 aliphatic heterocycles. The first-order valence-electron chi connectivity index (χ1n) is 8.94. The molecule has 30 heavy (non-hydrogen) atoms. The van der Waals surface area contributed by atoms with Gasteiger partial charge in [-0.2, -0.15) is 13.2 Å². The van der Waals surface area contributed by atoms with Crippen LogP contribution in [0.25, 0.3) is 0 Å². The second kappa shape index (κ2) is 7.60. The molecule has 2 aliphatic rings. The molecule has 0 saturated heterocycles. The summed E-state index contributed by atoms with van der Waals surface area (Å²) in [6.45, 7) is 1.67. The van der Waals surface area contributed by atoms with E-state index in [1.54, 1.807) is 25.1 Å². The Labute approximate surface area is 173 Å². The summed E-state index contributed by atoms with van der Waals surface area (Å²) in [5.74, 6) is -0.674. The van der Waals surface area contributed by atoms with Gasteiger partial charge in [0.25, 0.3) is 5.91 Å². The number of nitrogens with zero attached hydrogens (tertiary/aromatic N) is 3. The summed E-state index contributed by atoms with van der Waals surface area (Å²) in [5, 5.41) is 2.55. The van der Waals surface area contributed by atoms with Gasteiger partial charge in [0.15, 0.2) is 5.17 Å². The molecule has 4 rings (SSSR count). The number of rotatable bonds is 3. The van der Waals surface area contributed by atoms with Crippen LogP contribution in [0.1, 0.15) is 18.1 Å². The number of nitrogens with one attached hydrogen (secondary N) is 1. The van der Waals surface area contributed by atoms with Crippen LogP contribution in [0.3, 0.4) is 0 Å². The highest BCUT2D eigenvalue weighted by Gasteiger charge is 2.39. The van der Waals surface area contributed by atoms with Gasteiger partial charge in [0, 0.05) is 5.56 Å². The molecule has 0 aliphatic carbocycles. The van der Waals surface area contributed by atoms with Crippen LogP contribution in [0.5, 0.6) is 0 Å². The molecule has 10 heteroatoms. The predicted molar refractivity (Wildman–Crippen MR) is 109 cm³/mol. The van der Waals surface area contributed by atoms with Crippen molar-refractivity contribution in [2.24, 2.45) is 9.98 Å². The lowest BCUT2D eigenvalue weighted by atomic mass is 10.1. The van der Waals surface area contributed by atoms with Gasteiger partial charge in [0.05, 0.1) is 22.7 Å². The molecule has 0 aromatic heterocycles. The fourth-order valence-corrected chi connectivity index (χ4v) is 3.93. The minimum Gasteiger partial charge on any atom is -0.325 e. The number of carbonyl (C=O) groups excluding carboxylic acids is 2. The number of aliphatic imine (C=N–C) groups is 2. The molecule has 0 saturated carbocycles. The predicted octanol–water partition coefficient (Wildman–Crippen LogP) is 4.06. The van der Waals surface area contributed by atoms with Gasteiger partial charge in [-0.15, -0.1) is 0 Å². The minimum atomic E-state index is -4.59. The molecule has 2 aromatic carbocycles. The fraction of sp³-hybridized carbons (Fsp3) is 0.200. The number of amides is 2. The number of hydrogen-bond donors (Lipinski definition) is 1. The fourth-order valence-electron chi connectivity index (χ4n) is 3.13. The summed E-state index contributed by atoms with van der Waals surface area (Å²) in [5.41, 5.74) is 0.0766. The van der Waals surface area contributed by atoms with E-state index in [0.717, 1.165) is 17.8 Å². The van der Waals surface area contributed by atoms with Crippen molar-refractivity contribution < 1.29 is 22.8 Å². The van der Waals surface area contributed by atoms with Crippen LogP contribution in [0.4, 0.5) is 24.5 Å². The maximum atomic E-state index is 13.1. The number of amidine groups is 2. The normalized spacial score (nSPS) is 17.8. The van der Waals surface area contributed by atoms with E-state index < -0.39 is 23.7 Å². The Balaban J connectivity index is 1.53. The van der Waals surface area contributed by atoms with Crippen molar-refractivity contribution in [2.75, 3.05) is 11.1 Å². The molecule has 6 nitrogen and oxygen atoms in total. The molecule has 2 aromatic rings. The monoisotopic (exact) mass is 432 g/mol. The summed E-state index contributed by atoms with van der Waals surface area (Å²) in [6.07, 6.45) is -4.59. The lowest BCUT2D eigenvalue weighted by Gasteiger charge is -2.25. The van der Waals surface area contributed by atoms with Crippen LogP contribution in [0.2, 0.25) is 0 Å². The number of fused-ring (bicyclic) bond motifs is 3. The van der Waals surface area contributed by atoms with Crippen molar-refractivity contribution >= 4 is 46.0 Å². The number of benzene rings is 2. The van der Waals surface area contributed by atoms with Crippen LogP contribution in [0.15, 0.2) is 58.5 Å². The Hall–Kier alpha value is -3.14. The standard InChI is InChI=1S/C20H15F3N4O2S/c1-11-18(29)27-17(24-11)12-6-2-4-8-14(12)26-19(27)30-10-16(28)25-15-9-5-3-7-13(15)20(21,22)23/h2-9,11H,10H2,1H3,(H,25,28). The highest BCUT2D eigenvalue weighted by atomic mass is 32.2. The summed E-state index contributed by atoms with van der Waals surface area (Å²) < 4.78 is 39.3. The topological polar surface area (TPSA) is 74.1 Å². The lowest BCUT2D eigenvalue weighted by molar-refractivity contribution is -0.137. The quantitative estimate of drug-likeness (QED) is 0.795. The van der Waals surface area contributed by atoms with Gasteiger partial charge in [-0.1, -0.05) is 36.0 Å². The third-order valence-corrected chi connectivity index (χ3v) is 5.44. The molecule has 2 amide bonds. The van der Waals surface area contributed by atoms with E-state index in [2.05, 4.69) is 15.3 Å². The van der Waals surface area contributed by atoms with Crippen molar-refractivity contribution in [3.8, 4) is 0 Å².